The summed E-state index contributed by atoms with van der Waals surface area (Å²) in [5.41, 5.74) is 0.274. The largest absolute Gasteiger partial charge is 0.352 e. The summed E-state index contributed by atoms with van der Waals surface area (Å²) in [7, 11) is -3.83. The van der Waals surface area contributed by atoms with Crippen molar-refractivity contribution in [2.75, 3.05) is 26.2 Å². The van der Waals surface area contributed by atoms with E-state index in [9.17, 15) is 13.2 Å². The van der Waals surface area contributed by atoms with E-state index < -0.39 is 10.0 Å². The molecule has 1 saturated heterocycles. The SMILES string of the molecule is NS(=O)(=O)c1ccc(Br)c(C(=O)NCCCN2CCCCCC2)c1. The first-order chi connectivity index (χ1) is 11.4. The van der Waals surface area contributed by atoms with Gasteiger partial charge in [-0.2, -0.15) is 0 Å². The predicted octanol–water partition coefficient (Wildman–Crippen LogP) is 2.09. The maximum absolute atomic E-state index is 12.3. The number of amides is 1. The van der Waals surface area contributed by atoms with Crippen molar-refractivity contribution in [2.45, 2.75) is 37.0 Å². The predicted molar refractivity (Wildman–Crippen MR) is 97.4 cm³/mol. The summed E-state index contributed by atoms with van der Waals surface area (Å²) < 4.78 is 23.4. The van der Waals surface area contributed by atoms with Crippen molar-refractivity contribution in [3.63, 3.8) is 0 Å². The van der Waals surface area contributed by atoms with E-state index in [2.05, 4.69) is 26.1 Å². The lowest BCUT2D eigenvalue weighted by Gasteiger charge is -2.19. The molecular weight excluding hydrogens is 394 g/mol. The Kier molecular flexibility index (Phi) is 7.21. The van der Waals surface area contributed by atoms with Gasteiger partial charge in [0.05, 0.1) is 10.5 Å². The van der Waals surface area contributed by atoms with Crippen molar-refractivity contribution >= 4 is 31.9 Å². The zero-order valence-corrected chi connectivity index (χ0v) is 16.0. The molecule has 0 aromatic heterocycles. The molecule has 0 aliphatic carbocycles. The van der Waals surface area contributed by atoms with Gasteiger partial charge in [-0.25, -0.2) is 13.6 Å². The molecule has 1 aromatic rings. The van der Waals surface area contributed by atoms with Gasteiger partial charge >= 0.3 is 0 Å². The third kappa shape index (κ3) is 5.84. The standard InChI is InChI=1S/C16H24BrN3O3S/c17-15-7-6-13(24(18,22)23)12-14(15)16(21)19-8-5-11-20-9-3-1-2-4-10-20/h6-7,12H,1-5,8-11H2,(H,19,21)(H2,18,22,23). The fourth-order valence-electron chi connectivity index (χ4n) is 2.81. The van der Waals surface area contributed by atoms with Crippen LogP contribution in [0.5, 0.6) is 0 Å². The van der Waals surface area contributed by atoms with E-state index in [1.54, 1.807) is 0 Å². The minimum Gasteiger partial charge on any atom is -0.352 e. The van der Waals surface area contributed by atoms with Crippen molar-refractivity contribution < 1.29 is 13.2 Å². The smallest absolute Gasteiger partial charge is 0.252 e. The Morgan fingerprint density at radius 1 is 1.21 bits per heavy atom. The zero-order valence-electron chi connectivity index (χ0n) is 13.6. The van der Waals surface area contributed by atoms with Crippen LogP contribution in [0.25, 0.3) is 0 Å². The Labute approximate surface area is 152 Å². The third-order valence-corrected chi connectivity index (χ3v) is 5.75. The van der Waals surface area contributed by atoms with Crippen LogP contribution in [0.15, 0.2) is 27.6 Å². The summed E-state index contributed by atoms with van der Waals surface area (Å²) >= 11 is 3.27. The van der Waals surface area contributed by atoms with E-state index in [1.165, 1.54) is 43.9 Å². The van der Waals surface area contributed by atoms with Gasteiger partial charge in [-0.05, 0) is 73.0 Å². The normalized spacial score (nSPS) is 16.6. The van der Waals surface area contributed by atoms with Crippen LogP contribution >= 0.6 is 15.9 Å². The lowest BCUT2D eigenvalue weighted by Crippen LogP contribution is -2.30. The van der Waals surface area contributed by atoms with Crippen LogP contribution in [-0.4, -0.2) is 45.4 Å². The number of sulfonamides is 1. The third-order valence-electron chi connectivity index (χ3n) is 4.15. The Morgan fingerprint density at radius 2 is 1.88 bits per heavy atom. The maximum Gasteiger partial charge on any atom is 0.252 e. The number of likely N-dealkylation sites (tertiary alicyclic amines) is 1. The molecule has 0 unspecified atom stereocenters. The summed E-state index contributed by atoms with van der Waals surface area (Å²) in [5, 5.41) is 7.95. The molecule has 0 radical (unpaired) electrons. The van der Waals surface area contributed by atoms with Gasteiger partial charge in [0.1, 0.15) is 0 Å². The van der Waals surface area contributed by atoms with E-state index in [-0.39, 0.29) is 16.4 Å². The number of carbonyl (C=O) groups excluding carboxylic acids is 1. The molecular formula is C16H24BrN3O3S. The number of hydrogen-bond acceptors (Lipinski definition) is 4. The topological polar surface area (TPSA) is 92.5 Å². The van der Waals surface area contributed by atoms with Crippen molar-refractivity contribution in [3.05, 3.63) is 28.2 Å². The molecule has 6 nitrogen and oxygen atoms in total. The average Bonchev–Trinajstić information content (AvgIpc) is 2.79. The average molecular weight is 418 g/mol. The summed E-state index contributed by atoms with van der Waals surface area (Å²) in [5.74, 6) is -0.303. The minimum atomic E-state index is -3.83. The quantitative estimate of drug-likeness (QED) is 0.692. The Bertz CT molecular complexity index is 671. The molecule has 0 spiro atoms. The molecule has 0 atom stereocenters. The van der Waals surface area contributed by atoms with E-state index in [1.807, 2.05) is 0 Å². The second kappa shape index (κ2) is 8.94. The summed E-state index contributed by atoms with van der Waals surface area (Å²) in [6, 6.07) is 4.19. The first kappa shape index (κ1) is 19.4. The molecule has 2 rings (SSSR count). The minimum absolute atomic E-state index is 0.0691. The lowest BCUT2D eigenvalue weighted by atomic mass is 10.2. The number of carbonyl (C=O) groups is 1. The fraction of sp³-hybridized carbons (Fsp3) is 0.562. The zero-order chi connectivity index (χ0) is 17.6. The van der Waals surface area contributed by atoms with Gasteiger partial charge in [-0.3, -0.25) is 4.79 Å². The second-order valence-corrected chi connectivity index (χ2v) is 8.47. The number of hydrogen-bond donors (Lipinski definition) is 2. The van der Waals surface area contributed by atoms with Gasteiger partial charge in [-0.1, -0.05) is 12.8 Å². The van der Waals surface area contributed by atoms with E-state index in [4.69, 9.17) is 5.14 Å². The van der Waals surface area contributed by atoms with Crippen LogP contribution < -0.4 is 10.5 Å². The summed E-state index contributed by atoms with van der Waals surface area (Å²) in [6.07, 6.45) is 5.99. The first-order valence-electron chi connectivity index (χ1n) is 8.21. The van der Waals surface area contributed by atoms with Crippen LogP contribution in [0, 0.1) is 0 Å². The molecule has 3 N–H and O–H groups in total. The van der Waals surface area contributed by atoms with Gasteiger partial charge in [-0.15, -0.1) is 0 Å². The van der Waals surface area contributed by atoms with Gasteiger partial charge in [0.15, 0.2) is 0 Å². The highest BCUT2D eigenvalue weighted by Gasteiger charge is 2.15. The van der Waals surface area contributed by atoms with Crippen LogP contribution in [0.4, 0.5) is 0 Å². The monoisotopic (exact) mass is 417 g/mol. The number of rotatable bonds is 6. The molecule has 0 saturated carbocycles. The lowest BCUT2D eigenvalue weighted by molar-refractivity contribution is 0.0950. The van der Waals surface area contributed by atoms with E-state index in [0.717, 1.165) is 26.1 Å². The molecule has 0 bridgehead atoms. The van der Waals surface area contributed by atoms with Crippen molar-refractivity contribution in [1.82, 2.24) is 10.2 Å². The van der Waals surface area contributed by atoms with Gasteiger partial charge in [0, 0.05) is 11.0 Å². The Morgan fingerprint density at radius 3 is 2.50 bits per heavy atom. The van der Waals surface area contributed by atoms with Crippen LogP contribution in [0.2, 0.25) is 0 Å². The maximum atomic E-state index is 12.3. The highest BCUT2D eigenvalue weighted by molar-refractivity contribution is 9.10. The molecule has 1 aliphatic heterocycles. The van der Waals surface area contributed by atoms with Crippen LogP contribution in [0.3, 0.4) is 0 Å². The van der Waals surface area contributed by atoms with Gasteiger partial charge in [0.25, 0.3) is 5.91 Å². The summed E-state index contributed by atoms with van der Waals surface area (Å²) in [6.45, 7) is 3.80. The van der Waals surface area contributed by atoms with E-state index in [0.29, 0.717) is 11.0 Å². The number of nitrogens with zero attached hydrogens (tertiary/aromatic N) is 1. The molecule has 134 valence electrons. The molecule has 1 aliphatic rings. The first-order valence-corrected chi connectivity index (χ1v) is 10.5. The van der Waals surface area contributed by atoms with Crippen molar-refractivity contribution in [1.29, 1.82) is 0 Å². The molecule has 1 heterocycles. The Balaban J connectivity index is 1.86. The molecule has 1 fully saturated rings. The fourth-order valence-corrected chi connectivity index (χ4v) is 3.78. The number of benzene rings is 1. The number of primary sulfonamides is 1. The van der Waals surface area contributed by atoms with Crippen molar-refractivity contribution in [3.8, 4) is 0 Å². The van der Waals surface area contributed by atoms with Gasteiger partial charge in [0.2, 0.25) is 10.0 Å². The van der Waals surface area contributed by atoms with Crippen LogP contribution in [0.1, 0.15) is 42.5 Å². The molecule has 1 aromatic carbocycles. The number of nitrogens with one attached hydrogen (secondary N) is 1. The molecule has 24 heavy (non-hydrogen) atoms. The number of halogens is 1. The van der Waals surface area contributed by atoms with E-state index >= 15 is 0 Å². The molecule has 8 heteroatoms. The second-order valence-electron chi connectivity index (χ2n) is 6.05. The highest BCUT2D eigenvalue weighted by Crippen LogP contribution is 2.20. The summed E-state index contributed by atoms with van der Waals surface area (Å²) in [4.78, 5) is 14.6. The van der Waals surface area contributed by atoms with Crippen molar-refractivity contribution in [2.24, 2.45) is 5.14 Å². The number of nitrogens with two attached hydrogens (primary N) is 1. The van der Waals surface area contributed by atoms with Crippen LogP contribution in [-0.2, 0) is 10.0 Å². The molecule has 1 amide bonds. The Hall–Kier alpha value is -0.960. The van der Waals surface area contributed by atoms with Gasteiger partial charge < -0.3 is 10.2 Å². The highest BCUT2D eigenvalue weighted by atomic mass is 79.9.